The van der Waals surface area contributed by atoms with Crippen LogP contribution in [0.15, 0.2) is 60.4 Å². The highest BCUT2D eigenvalue weighted by atomic mass is 127. The molecule has 1 heterocycles. The fourth-order valence-electron chi connectivity index (χ4n) is 2.73. The van der Waals surface area contributed by atoms with Crippen molar-refractivity contribution in [3.05, 3.63) is 66.8 Å². The van der Waals surface area contributed by atoms with Crippen molar-refractivity contribution in [3.8, 4) is 0 Å². The van der Waals surface area contributed by atoms with E-state index < -0.39 is 0 Å². The molecule has 26 heavy (non-hydrogen) atoms. The lowest BCUT2D eigenvalue weighted by Gasteiger charge is -2.22. The summed E-state index contributed by atoms with van der Waals surface area (Å²) in [6.45, 7) is 6.31. The Balaban J connectivity index is 0.00000338. The molecule has 2 rings (SSSR count). The number of nitrogens with zero attached hydrogens (tertiary/aromatic N) is 4. The van der Waals surface area contributed by atoms with Crippen LogP contribution >= 0.6 is 24.0 Å². The van der Waals surface area contributed by atoms with Gasteiger partial charge in [0.15, 0.2) is 5.96 Å². The van der Waals surface area contributed by atoms with Crippen molar-refractivity contribution in [1.29, 1.82) is 0 Å². The summed E-state index contributed by atoms with van der Waals surface area (Å²) >= 11 is 0. The van der Waals surface area contributed by atoms with E-state index in [4.69, 9.17) is 0 Å². The second kappa shape index (κ2) is 12.5. The number of unbranched alkanes of at least 4 members (excludes halogenated alkanes) is 1. The number of hydrogen-bond donors (Lipinski definition) is 1. The van der Waals surface area contributed by atoms with Crippen LogP contribution in [-0.4, -0.2) is 41.1 Å². The number of aliphatic imine (C=N–C) groups is 1. The van der Waals surface area contributed by atoms with E-state index in [1.165, 1.54) is 5.56 Å². The van der Waals surface area contributed by atoms with E-state index in [1.807, 2.05) is 31.6 Å². The zero-order valence-corrected chi connectivity index (χ0v) is 18.1. The van der Waals surface area contributed by atoms with Crippen LogP contribution in [0.4, 0.5) is 0 Å². The Bertz CT molecular complexity index is 666. The van der Waals surface area contributed by atoms with Gasteiger partial charge in [0.25, 0.3) is 0 Å². The van der Waals surface area contributed by atoms with E-state index in [9.17, 15) is 0 Å². The summed E-state index contributed by atoms with van der Waals surface area (Å²) in [5, 5.41) is 3.40. The minimum Gasteiger partial charge on any atom is -0.349 e. The summed E-state index contributed by atoms with van der Waals surface area (Å²) in [6, 6.07) is 10.5. The Morgan fingerprint density at radius 3 is 2.81 bits per heavy atom. The molecular formula is C20H30IN5. The van der Waals surface area contributed by atoms with E-state index >= 15 is 0 Å². The predicted molar refractivity (Wildman–Crippen MR) is 120 cm³/mol. The van der Waals surface area contributed by atoms with Gasteiger partial charge in [0.2, 0.25) is 0 Å². The van der Waals surface area contributed by atoms with Gasteiger partial charge >= 0.3 is 0 Å². The molecule has 0 saturated carbocycles. The fraction of sp³-hybridized carbons (Fsp3) is 0.400. The van der Waals surface area contributed by atoms with E-state index in [-0.39, 0.29) is 24.0 Å². The maximum Gasteiger partial charge on any atom is 0.193 e. The van der Waals surface area contributed by atoms with Crippen molar-refractivity contribution in [2.24, 2.45) is 4.99 Å². The van der Waals surface area contributed by atoms with Crippen LogP contribution < -0.4 is 5.32 Å². The first-order chi connectivity index (χ1) is 12.2. The normalized spacial score (nSPS) is 10.9. The molecule has 0 unspecified atom stereocenters. The van der Waals surface area contributed by atoms with E-state index in [1.54, 1.807) is 0 Å². The highest BCUT2D eigenvalue weighted by Crippen LogP contribution is 2.05. The van der Waals surface area contributed by atoms with Crippen molar-refractivity contribution in [1.82, 2.24) is 19.8 Å². The van der Waals surface area contributed by atoms with Crippen LogP contribution in [0.25, 0.3) is 0 Å². The lowest BCUT2D eigenvalue weighted by Crippen LogP contribution is -2.39. The molecule has 0 aliphatic rings. The number of benzene rings is 1. The number of aromatic nitrogens is 2. The fourth-order valence-corrected chi connectivity index (χ4v) is 2.73. The zero-order chi connectivity index (χ0) is 17.9. The molecule has 1 aromatic carbocycles. The largest absolute Gasteiger partial charge is 0.349 e. The van der Waals surface area contributed by atoms with Crippen molar-refractivity contribution in [2.45, 2.75) is 32.4 Å². The van der Waals surface area contributed by atoms with Crippen LogP contribution in [0.2, 0.25) is 0 Å². The first-order valence-electron chi connectivity index (χ1n) is 8.81. The first kappa shape index (κ1) is 22.2. The highest BCUT2D eigenvalue weighted by Gasteiger charge is 2.08. The average Bonchev–Trinajstić information content (AvgIpc) is 3.09. The number of imidazole rings is 1. The van der Waals surface area contributed by atoms with Gasteiger partial charge in [-0.3, -0.25) is 4.99 Å². The van der Waals surface area contributed by atoms with Crippen molar-refractivity contribution in [2.75, 3.05) is 20.6 Å². The molecular weight excluding hydrogens is 437 g/mol. The summed E-state index contributed by atoms with van der Waals surface area (Å²) in [4.78, 5) is 11.0. The Labute approximate surface area is 174 Å². The molecule has 0 spiro atoms. The van der Waals surface area contributed by atoms with Gasteiger partial charge in [-0.05, 0) is 24.8 Å². The molecule has 0 saturated heterocycles. The molecule has 0 bridgehead atoms. The summed E-state index contributed by atoms with van der Waals surface area (Å²) in [7, 11) is 3.87. The van der Waals surface area contributed by atoms with Crippen LogP contribution in [0.1, 0.15) is 24.2 Å². The number of rotatable bonds is 9. The molecule has 6 heteroatoms. The van der Waals surface area contributed by atoms with Gasteiger partial charge in [-0.15, -0.1) is 30.6 Å². The van der Waals surface area contributed by atoms with Crippen LogP contribution in [-0.2, 0) is 19.5 Å². The molecule has 1 N–H and O–H groups in total. The standard InChI is InChI=1S/C20H29N5.HI/c1-4-5-9-14-24(3)20(21-2)23-17-19-22-13-16-25(19)15-12-18-10-7-6-8-11-18;/h4,6-8,10-11,13,16H,1,5,9,12,14-15,17H2,2-3H3,(H,21,23);1H. The molecule has 0 aliphatic heterocycles. The number of halogens is 1. The van der Waals surface area contributed by atoms with E-state index in [0.717, 1.165) is 44.1 Å². The smallest absolute Gasteiger partial charge is 0.193 e. The van der Waals surface area contributed by atoms with Gasteiger partial charge in [0, 0.05) is 39.6 Å². The molecule has 0 fully saturated rings. The summed E-state index contributed by atoms with van der Waals surface area (Å²) in [6.07, 6.45) is 8.95. The number of hydrogen-bond acceptors (Lipinski definition) is 2. The van der Waals surface area contributed by atoms with Gasteiger partial charge in [0.1, 0.15) is 5.82 Å². The average molecular weight is 467 g/mol. The minimum absolute atomic E-state index is 0. The van der Waals surface area contributed by atoms with Crippen LogP contribution in [0.5, 0.6) is 0 Å². The molecule has 5 nitrogen and oxygen atoms in total. The van der Waals surface area contributed by atoms with Crippen LogP contribution in [0, 0.1) is 0 Å². The Morgan fingerprint density at radius 2 is 2.12 bits per heavy atom. The number of guanidine groups is 1. The second-order valence-corrected chi connectivity index (χ2v) is 6.03. The van der Waals surface area contributed by atoms with Crippen LogP contribution in [0.3, 0.4) is 0 Å². The third-order valence-corrected chi connectivity index (χ3v) is 4.17. The minimum atomic E-state index is 0. The van der Waals surface area contributed by atoms with Gasteiger partial charge in [-0.1, -0.05) is 36.4 Å². The Morgan fingerprint density at radius 1 is 1.35 bits per heavy atom. The van der Waals surface area contributed by atoms with Gasteiger partial charge < -0.3 is 14.8 Å². The van der Waals surface area contributed by atoms with Crippen molar-refractivity contribution >= 4 is 29.9 Å². The third-order valence-electron chi connectivity index (χ3n) is 4.17. The second-order valence-electron chi connectivity index (χ2n) is 6.03. The lowest BCUT2D eigenvalue weighted by molar-refractivity contribution is 0.467. The molecule has 0 atom stereocenters. The zero-order valence-electron chi connectivity index (χ0n) is 15.8. The lowest BCUT2D eigenvalue weighted by atomic mass is 10.1. The molecule has 0 radical (unpaired) electrons. The summed E-state index contributed by atoms with van der Waals surface area (Å²) in [5.41, 5.74) is 1.34. The number of allylic oxidation sites excluding steroid dienone is 1. The Hall–Kier alpha value is -1.83. The molecule has 1 aromatic heterocycles. The monoisotopic (exact) mass is 467 g/mol. The molecule has 0 amide bonds. The summed E-state index contributed by atoms with van der Waals surface area (Å²) in [5.74, 6) is 1.92. The molecule has 2 aromatic rings. The SMILES string of the molecule is C=CCCCN(C)C(=NC)NCc1nccn1CCc1ccccc1.I. The molecule has 0 aliphatic carbocycles. The number of nitrogens with one attached hydrogen (secondary N) is 1. The van der Waals surface area contributed by atoms with Gasteiger partial charge in [-0.2, -0.15) is 0 Å². The quantitative estimate of drug-likeness (QED) is 0.201. The summed E-state index contributed by atoms with van der Waals surface area (Å²) < 4.78 is 2.20. The highest BCUT2D eigenvalue weighted by molar-refractivity contribution is 14.0. The topological polar surface area (TPSA) is 45.4 Å². The maximum absolute atomic E-state index is 4.48. The van der Waals surface area contributed by atoms with E-state index in [2.05, 4.69) is 62.7 Å². The van der Waals surface area contributed by atoms with Crippen molar-refractivity contribution < 1.29 is 0 Å². The Kier molecular flexibility index (Phi) is 10.7. The predicted octanol–water partition coefficient (Wildman–Crippen LogP) is 3.72. The third kappa shape index (κ3) is 7.19. The van der Waals surface area contributed by atoms with E-state index in [0.29, 0.717) is 6.54 Å². The van der Waals surface area contributed by atoms with Gasteiger partial charge in [0.05, 0.1) is 6.54 Å². The first-order valence-corrected chi connectivity index (χ1v) is 8.81. The van der Waals surface area contributed by atoms with Crippen molar-refractivity contribution in [3.63, 3.8) is 0 Å². The van der Waals surface area contributed by atoms with Gasteiger partial charge in [-0.25, -0.2) is 4.98 Å². The molecule has 142 valence electrons. The maximum atomic E-state index is 4.48. The number of aryl methyl sites for hydroxylation is 2.